The Morgan fingerprint density at radius 1 is 1.10 bits per heavy atom. The van der Waals surface area contributed by atoms with Crippen molar-refractivity contribution in [2.45, 2.75) is 0 Å². The predicted octanol–water partition coefficient (Wildman–Crippen LogP) is 2.74. The van der Waals surface area contributed by atoms with E-state index in [4.69, 9.17) is 17.3 Å². The Balaban J connectivity index is 2.09. The zero-order chi connectivity index (χ0) is 13.7. The maximum Gasteiger partial charge on any atom is 0.186 e. The second kappa shape index (κ2) is 3.94. The fraction of sp³-hybridized carbons (Fsp3) is 0. The second-order valence-electron chi connectivity index (χ2n) is 4.42. The first-order valence-electron chi connectivity index (χ1n) is 5.97. The first-order chi connectivity index (χ1) is 9.75. The zero-order valence-corrected chi connectivity index (χ0v) is 10.9. The van der Waals surface area contributed by atoms with E-state index in [2.05, 4.69) is 25.1 Å². The summed E-state index contributed by atoms with van der Waals surface area (Å²) in [5.74, 6) is 0.369. The Morgan fingerprint density at radius 3 is 2.80 bits per heavy atom. The van der Waals surface area contributed by atoms with Gasteiger partial charge in [-0.2, -0.15) is 5.10 Å². The predicted molar refractivity (Wildman–Crippen MR) is 78.4 cm³/mol. The molecule has 0 radical (unpaired) electrons. The Hall–Kier alpha value is -2.60. The summed E-state index contributed by atoms with van der Waals surface area (Å²) in [7, 11) is 0. The SMILES string of the molecule is Nc1ncnc2n[nH]c(-c3[nH]c4ccccc4c3Cl)c12. The van der Waals surface area contributed by atoms with Crippen LogP contribution in [0.3, 0.4) is 0 Å². The molecule has 6 nitrogen and oxygen atoms in total. The highest BCUT2D eigenvalue weighted by atomic mass is 35.5. The second-order valence-corrected chi connectivity index (χ2v) is 4.79. The quantitative estimate of drug-likeness (QED) is 0.501. The highest BCUT2D eigenvalue weighted by Gasteiger charge is 2.18. The molecule has 4 aromatic rings. The summed E-state index contributed by atoms with van der Waals surface area (Å²) in [5.41, 5.74) is 8.81. The van der Waals surface area contributed by atoms with Gasteiger partial charge < -0.3 is 10.7 Å². The average molecular weight is 285 g/mol. The van der Waals surface area contributed by atoms with Crippen molar-refractivity contribution in [1.82, 2.24) is 25.1 Å². The molecule has 0 aliphatic carbocycles. The highest BCUT2D eigenvalue weighted by Crippen LogP contribution is 2.37. The number of nitrogens with zero attached hydrogens (tertiary/aromatic N) is 3. The van der Waals surface area contributed by atoms with E-state index in [1.165, 1.54) is 6.33 Å². The molecule has 0 aliphatic rings. The van der Waals surface area contributed by atoms with Crippen LogP contribution in [0.5, 0.6) is 0 Å². The maximum atomic E-state index is 6.44. The van der Waals surface area contributed by atoms with Gasteiger partial charge in [-0.3, -0.25) is 5.10 Å². The first-order valence-corrected chi connectivity index (χ1v) is 6.34. The average Bonchev–Trinajstić information content (AvgIpc) is 3.02. The number of para-hydroxylation sites is 1. The van der Waals surface area contributed by atoms with Crippen LogP contribution in [-0.4, -0.2) is 25.1 Å². The molecule has 0 bridgehead atoms. The van der Waals surface area contributed by atoms with Gasteiger partial charge in [-0.25, -0.2) is 9.97 Å². The summed E-state index contributed by atoms with van der Waals surface area (Å²) in [6.45, 7) is 0. The fourth-order valence-electron chi connectivity index (χ4n) is 2.34. The summed E-state index contributed by atoms with van der Waals surface area (Å²) in [4.78, 5) is 11.4. The van der Waals surface area contributed by atoms with Crippen LogP contribution in [0.4, 0.5) is 5.82 Å². The van der Waals surface area contributed by atoms with Crippen molar-refractivity contribution in [3.8, 4) is 11.4 Å². The number of hydrogen-bond acceptors (Lipinski definition) is 4. The Labute approximate surface area is 118 Å². The minimum absolute atomic E-state index is 0.369. The van der Waals surface area contributed by atoms with E-state index in [0.29, 0.717) is 27.6 Å². The van der Waals surface area contributed by atoms with Crippen molar-refractivity contribution in [1.29, 1.82) is 0 Å². The number of aromatic amines is 2. The van der Waals surface area contributed by atoms with Gasteiger partial charge in [0.1, 0.15) is 12.1 Å². The third-order valence-electron chi connectivity index (χ3n) is 3.27. The molecule has 3 aromatic heterocycles. The summed E-state index contributed by atoms with van der Waals surface area (Å²) >= 11 is 6.44. The third kappa shape index (κ3) is 1.42. The molecule has 0 saturated heterocycles. The standard InChI is InChI=1S/C13H9ClN6/c14-9-6-3-1-2-4-7(6)18-11(9)10-8-12(15)16-5-17-13(8)20-19-10/h1-5,18H,(H3,15,16,17,19,20). The van der Waals surface area contributed by atoms with Crippen molar-refractivity contribution < 1.29 is 0 Å². The first kappa shape index (κ1) is 11.2. The van der Waals surface area contributed by atoms with Crippen molar-refractivity contribution >= 4 is 39.4 Å². The van der Waals surface area contributed by atoms with E-state index < -0.39 is 0 Å². The van der Waals surface area contributed by atoms with Gasteiger partial charge in [0.2, 0.25) is 0 Å². The molecule has 0 atom stereocenters. The van der Waals surface area contributed by atoms with Gasteiger partial charge in [-0.05, 0) is 6.07 Å². The zero-order valence-electron chi connectivity index (χ0n) is 10.2. The summed E-state index contributed by atoms with van der Waals surface area (Å²) in [6, 6.07) is 7.80. The van der Waals surface area contributed by atoms with Crippen LogP contribution < -0.4 is 5.73 Å². The van der Waals surface area contributed by atoms with Gasteiger partial charge in [0.15, 0.2) is 5.65 Å². The number of nitrogens with two attached hydrogens (primary N) is 1. The molecule has 0 unspecified atom stereocenters. The largest absolute Gasteiger partial charge is 0.383 e. The lowest BCUT2D eigenvalue weighted by Crippen LogP contribution is -1.92. The number of anilines is 1. The van der Waals surface area contributed by atoms with Crippen LogP contribution in [0.15, 0.2) is 30.6 Å². The van der Waals surface area contributed by atoms with Crippen LogP contribution in [-0.2, 0) is 0 Å². The summed E-state index contributed by atoms with van der Waals surface area (Å²) < 4.78 is 0. The van der Waals surface area contributed by atoms with Gasteiger partial charge in [-0.15, -0.1) is 0 Å². The molecule has 0 amide bonds. The van der Waals surface area contributed by atoms with Gasteiger partial charge in [0, 0.05) is 10.9 Å². The number of benzene rings is 1. The van der Waals surface area contributed by atoms with Crippen LogP contribution >= 0.6 is 11.6 Å². The smallest absolute Gasteiger partial charge is 0.186 e. The van der Waals surface area contributed by atoms with Crippen molar-refractivity contribution in [2.24, 2.45) is 0 Å². The van der Waals surface area contributed by atoms with E-state index in [9.17, 15) is 0 Å². The summed E-state index contributed by atoms with van der Waals surface area (Å²) in [6.07, 6.45) is 1.38. The molecule has 4 rings (SSSR count). The van der Waals surface area contributed by atoms with Crippen LogP contribution in [0.25, 0.3) is 33.3 Å². The summed E-state index contributed by atoms with van der Waals surface area (Å²) in [5, 5.41) is 9.29. The van der Waals surface area contributed by atoms with E-state index in [0.717, 1.165) is 16.6 Å². The van der Waals surface area contributed by atoms with Crippen molar-refractivity contribution in [3.63, 3.8) is 0 Å². The lowest BCUT2D eigenvalue weighted by molar-refractivity contribution is 1.09. The van der Waals surface area contributed by atoms with Crippen LogP contribution in [0.2, 0.25) is 5.02 Å². The minimum Gasteiger partial charge on any atom is -0.383 e. The number of nitrogen functional groups attached to an aromatic ring is 1. The fourth-order valence-corrected chi connectivity index (χ4v) is 2.65. The van der Waals surface area contributed by atoms with E-state index in [-0.39, 0.29) is 0 Å². The number of nitrogens with one attached hydrogen (secondary N) is 2. The number of H-pyrrole nitrogens is 2. The molecular formula is C13H9ClN6. The molecule has 4 N–H and O–H groups in total. The molecule has 0 aliphatic heterocycles. The molecule has 0 spiro atoms. The molecule has 7 heteroatoms. The molecular weight excluding hydrogens is 276 g/mol. The lowest BCUT2D eigenvalue weighted by atomic mass is 10.2. The monoisotopic (exact) mass is 284 g/mol. The molecule has 20 heavy (non-hydrogen) atoms. The molecule has 1 aromatic carbocycles. The number of fused-ring (bicyclic) bond motifs is 2. The molecule has 0 saturated carbocycles. The molecule has 3 heterocycles. The van der Waals surface area contributed by atoms with E-state index in [1.807, 2.05) is 24.3 Å². The lowest BCUT2D eigenvalue weighted by Gasteiger charge is -1.98. The van der Waals surface area contributed by atoms with Gasteiger partial charge >= 0.3 is 0 Å². The molecule has 98 valence electrons. The minimum atomic E-state index is 0.369. The van der Waals surface area contributed by atoms with Crippen molar-refractivity contribution in [3.05, 3.63) is 35.6 Å². The van der Waals surface area contributed by atoms with Gasteiger partial charge in [-0.1, -0.05) is 29.8 Å². The number of aromatic nitrogens is 5. The Kier molecular flexibility index (Phi) is 2.22. The third-order valence-corrected chi connectivity index (χ3v) is 3.67. The Morgan fingerprint density at radius 2 is 1.95 bits per heavy atom. The number of rotatable bonds is 1. The Bertz CT molecular complexity index is 938. The maximum absolute atomic E-state index is 6.44. The van der Waals surface area contributed by atoms with Gasteiger partial charge in [0.25, 0.3) is 0 Å². The normalized spacial score (nSPS) is 11.4. The van der Waals surface area contributed by atoms with Crippen LogP contribution in [0, 0.1) is 0 Å². The van der Waals surface area contributed by atoms with Crippen LogP contribution in [0.1, 0.15) is 0 Å². The van der Waals surface area contributed by atoms with E-state index in [1.54, 1.807) is 0 Å². The van der Waals surface area contributed by atoms with Crippen molar-refractivity contribution in [2.75, 3.05) is 5.73 Å². The van der Waals surface area contributed by atoms with E-state index >= 15 is 0 Å². The number of halogens is 1. The molecule has 0 fully saturated rings. The van der Waals surface area contributed by atoms with Gasteiger partial charge in [0.05, 0.1) is 21.8 Å². The number of hydrogen-bond donors (Lipinski definition) is 3. The highest BCUT2D eigenvalue weighted by molar-refractivity contribution is 6.38. The topological polar surface area (TPSA) is 96.3 Å².